The third kappa shape index (κ3) is 6.56. The lowest BCUT2D eigenvalue weighted by atomic mass is 10.2. The molecule has 1 heterocycles. The van der Waals surface area contributed by atoms with Crippen LogP contribution in [0.2, 0.25) is 0 Å². The lowest BCUT2D eigenvalue weighted by Crippen LogP contribution is -2.44. The maximum absolute atomic E-state index is 13.3. The van der Waals surface area contributed by atoms with Crippen molar-refractivity contribution in [2.75, 3.05) is 33.9 Å². The van der Waals surface area contributed by atoms with Crippen LogP contribution in [-0.2, 0) is 20.9 Å². The van der Waals surface area contributed by atoms with Gasteiger partial charge in [0, 0.05) is 33.8 Å². The number of nitrogens with one attached hydrogen (secondary N) is 1. The van der Waals surface area contributed by atoms with E-state index >= 15 is 0 Å². The number of carbonyl (C=O) groups excluding carboxylic acids is 2. The minimum absolute atomic E-state index is 0.0369. The van der Waals surface area contributed by atoms with E-state index in [1.54, 1.807) is 0 Å². The quantitative estimate of drug-likeness (QED) is 0.413. The van der Waals surface area contributed by atoms with Gasteiger partial charge in [0.1, 0.15) is 23.9 Å². The fourth-order valence-corrected chi connectivity index (χ4v) is 2.91. The molecule has 0 spiro atoms. The Morgan fingerprint density at radius 2 is 1.94 bits per heavy atom. The van der Waals surface area contributed by atoms with E-state index in [1.807, 2.05) is 0 Å². The molecule has 1 aliphatic heterocycles. The Bertz CT molecular complexity index is 801. The summed E-state index contributed by atoms with van der Waals surface area (Å²) in [7, 11) is 2.79. The molecule has 0 saturated heterocycles. The summed E-state index contributed by atoms with van der Waals surface area (Å²) >= 11 is 0. The van der Waals surface area contributed by atoms with Crippen molar-refractivity contribution in [3.63, 3.8) is 0 Å². The molecule has 2 amide bonds. The fourth-order valence-electron chi connectivity index (χ4n) is 2.91. The fraction of sp³-hybridized carbons (Fsp3) is 0.474. The third-order valence-electron chi connectivity index (χ3n) is 4.44. The summed E-state index contributed by atoms with van der Waals surface area (Å²) in [4.78, 5) is 28.0. The number of carbonyl (C=O) groups is 2. The number of hydrogen-bond acceptors (Lipinski definition) is 6. The predicted octanol–water partition coefficient (Wildman–Crippen LogP) is 1.19. The summed E-state index contributed by atoms with van der Waals surface area (Å²) in [6, 6.07) is 5.22. The first-order valence-corrected chi connectivity index (χ1v) is 9.32. The number of aliphatic hydroxyl groups is 1. The van der Waals surface area contributed by atoms with Crippen LogP contribution in [0.1, 0.15) is 12.0 Å². The minimum atomic E-state index is -4.62. The second kappa shape index (κ2) is 10.4. The molecular formula is C19H24F4N4O4. The molecule has 1 atom stereocenters. The van der Waals surface area contributed by atoms with Gasteiger partial charge in [0.15, 0.2) is 0 Å². The highest BCUT2D eigenvalue weighted by atomic mass is 19.4. The summed E-state index contributed by atoms with van der Waals surface area (Å²) in [5.74, 6) is -1.12. The van der Waals surface area contributed by atoms with E-state index in [0.717, 1.165) is 4.90 Å². The summed E-state index contributed by atoms with van der Waals surface area (Å²) < 4.78 is 56.5. The second-order valence-corrected chi connectivity index (χ2v) is 6.89. The molecule has 31 heavy (non-hydrogen) atoms. The molecule has 172 valence electrons. The number of alkyl halides is 3. The SMILES string of the molecule is CN(C=O)C1=C(C(=O)N(C)CCCO)N(Cc2ccc(F)cc2)C(OCC(F)(F)F)N1. The Morgan fingerprint density at radius 1 is 1.29 bits per heavy atom. The van der Waals surface area contributed by atoms with Gasteiger partial charge in [-0.05, 0) is 24.1 Å². The number of rotatable bonds is 10. The number of halogens is 4. The van der Waals surface area contributed by atoms with E-state index in [0.29, 0.717) is 12.0 Å². The molecular weight excluding hydrogens is 424 g/mol. The van der Waals surface area contributed by atoms with E-state index < -0.39 is 30.9 Å². The standard InChI is InChI=1S/C19H24F4N4O4/c1-25(8-3-9-28)17(30)15-16(26(2)12-29)24-18(31-11-19(21,22)23)27(15)10-13-4-6-14(20)7-5-13/h4-7,12,18,24,28H,3,8-11H2,1-2H3. The van der Waals surface area contributed by atoms with Gasteiger partial charge in [-0.2, -0.15) is 13.2 Å². The molecule has 0 fully saturated rings. The van der Waals surface area contributed by atoms with E-state index in [9.17, 15) is 27.2 Å². The summed E-state index contributed by atoms with van der Waals surface area (Å²) in [6.07, 6.45) is -5.35. The average Bonchev–Trinajstić information content (AvgIpc) is 3.08. The van der Waals surface area contributed by atoms with Crippen molar-refractivity contribution in [1.82, 2.24) is 20.0 Å². The molecule has 0 bridgehead atoms. The highest BCUT2D eigenvalue weighted by Crippen LogP contribution is 2.28. The van der Waals surface area contributed by atoms with Gasteiger partial charge in [-0.1, -0.05) is 12.1 Å². The van der Waals surface area contributed by atoms with Crippen molar-refractivity contribution >= 4 is 12.3 Å². The summed E-state index contributed by atoms with van der Waals surface area (Å²) in [6.45, 7) is -1.67. The van der Waals surface area contributed by atoms with Crippen molar-refractivity contribution < 1.29 is 37.0 Å². The van der Waals surface area contributed by atoms with Crippen molar-refractivity contribution in [3.8, 4) is 0 Å². The lowest BCUT2D eigenvalue weighted by Gasteiger charge is -2.30. The van der Waals surface area contributed by atoms with Gasteiger partial charge in [0.25, 0.3) is 5.91 Å². The second-order valence-electron chi connectivity index (χ2n) is 6.89. The number of ether oxygens (including phenoxy) is 1. The van der Waals surface area contributed by atoms with Crippen LogP contribution >= 0.6 is 0 Å². The zero-order valence-corrected chi connectivity index (χ0v) is 17.0. The van der Waals surface area contributed by atoms with Crippen LogP contribution in [0.4, 0.5) is 17.6 Å². The number of nitrogens with zero attached hydrogens (tertiary/aromatic N) is 3. The maximum atomic E-state index is 13.3. The molecule has 12 heteroatoms. The molecule has 1 aromatic carbocycles. The zero-order chi connectivity index (χ0) is 23.2. The molecule has 1 aromatic rings. The van der Waals surface area contributed by atoms with Crippen molar-refractivity contribution in [1.29, 1.82) is 0 Å². The first kappa shape index (κ1) is 24.4. The summed E-state index contributed by atoms with van der Waals surface area (Å²) in [5, 5.41) is 11.7. The predicted molar refractivity (Wildman–Crippen MR) is 101 cm³/mol. The largest absolute Gasteiger partial charge is 0.411 e. The molecule has 0 saturated carbocycles. The van der Waals surface area contributed by atoms with Gasteiger partial charge >= 0.3 is 6.18 Å². The van der Waals surface area contributed by atoms with E-state index in [-0.39, 0.29) is 37.6 Å². The van der Waals surface area contributed by atoms with Gasteiger partial charge in [-0.3, -0.25) is 9.59 Å². The highest BCUT2D eigenvalue weighted by molar-refractivity contribution is 5.94. The first-order chi connectivity index (χ1) is 14.6. The number of hydrogen-bond donors (Lipinski definition) is 2. The van der Waals surface area contributed by atoms with Crippen LogP contribution in [-0.4, -0.2) is 78.5 Å². The van der Waals surface area contributed by atoms with Crippen molar-refractivity contribution in [2.45, 2.75) is 25.5 Å². The molecule has 0 aliphatic carbocycles. The topological polar surface area (TPSA) is 85.4 Å². The normalized spacial score (nSPS) is 16.4. The Kier molecular flexibility index (Phi) is 8.22. The first-order valence-electron chi connectivity index (χ1n) is 9.32. The Labute approximate surface area is 176 Å². The Morgan fingerprint density at radius 3 is 2.48 bits per heavy atom. The maximum Gasteiger partial charge on any atom is 0.411 e. The van der Waals surface area contributed by atoms with Crippen molar-refractivity contribution in [2.24, 2.45) is 0 Å². The van der Waals surface area contributed by atoms with Crippen molar-refractivity contribution in [3.05, 3.63) is 47.2 Å². The molecule has 1 unspecified atom stereocenters. The Hall–Kier alpha value is -2.86. The molecule has 2 rings (SSSR count). The van der Waals surface area contributed by atoms with Gasteiger partial charge < -0.3 is 29.9 Å². The zero-order valence-electron chi connectivity index (χ0n) is 17.0. The molecule has 2 N–H and O–H groups in total. The van der Waals surface area contributed by atoms with Crippen LogP contribution in [0.3, 0.4) is 0 Å². The molecule has 1 aliphatic rings. The van der Waals surface area contributed by atoms with E-state index in [1.165, 1.54) is 48.2 Å². The van der Waals surface area contributed by atoms with Gasteiger partial charge in [0.2, 0.25) is 12.8 Å². The van der Waals surface area contributed by atoms with Gasteiger partial charge in [-0.25, -0.2) is 4.39 Å². The number of aliphatic hydroxyl groups excluding tert-OH is 1. The minimum Gasteiger partial charge on any atom is -0.396 e. The molecule has 0 radical (unpaired) electrons. The number of amides is 2. The Balaban J connectivity index is 2.42. The lowest BCUT2D eigenvalue weighted by molar-refractivity contribution is -0.202. The van der Waals surface area contributed by atoms with Gasteiger partial charge in [-0.15, -0.1) is 0 Å². The molecule has 0 aromatic heterocycles. The summed E-state index contributed by atoms with van der Waals surface area (Å²) in [5.41, 5.74) is 0.411. The van der Waals surface area contributed by atoms with Gasteiger partial charge in [0.05, 0.1) is 0 Å². The van der Waals surface area contributed by atoms with E-state index in [2.05, 4.69) is 5.32 Å². The monoisotopic (exact) mass is 448 g/mol. The van der Waals surface area contributed by atoms with Crippen LogP contribution in [0, 0.1) is 5.82 Å². The van der Waals surface area contributed by atoms with Crippen LogP contribution in [0.5, 0.6) is 0 Å². The van der Waals surface area contributed by atoms with Crippen LogP contribution < -0.4 is 5.32 Å². The highest BCUT2D eigenvalue weighted by Gasteiger charge is 2.41. The van der Waals surface area contributed by atoms with Crippen LogP contribution in [0.15, 0.2) is 35.8 Å². The number of likely N-dealkylation sites (N-methyl/N-ethyl adjacent to an activating group) is 1. The molecule has 8 nitrogen and oxygen atoms in total. The van der Waals surface area contributed by atoms with Crippen LogP contribution in [0.25, 0.3) is 0 Å². The number of benzene rings is 1. The smallest absolute Gasteiger partial charge is 0.396 e. The average molecular weight is 448 g/mol. The van der Waals surface area contributed by atoms with E-state index in [4.69, 9.17) is 9.84 Å². The third-order valence-corrected chi connectivity index (χ3v) is 4.44.